The number of nitrogens with zero attached hydrogens (tertiary/aromatic N) is 1. The van der Waals surface area contributed by atoms with Gasteiger partial charge in [0.2, 0.25) is 5.91 Å². The van der Waals surface area contributed by atoms with Crippen molar-refractivity contribution in [1.29, 1.82) is 0 Å². The molecule has 4 rings (SSSR count). The standard InChI is InChI=1S/C15H15NOS2/c17-15(10-4-2-1-3-5-10)16-11-6-8-18-13(11)14-12(16)7-9-19-14/h6-10H,1-5H2. The maximum Gasteiger partial charge on any atom is 0.234 e. The van der Waals surface area contributed by atoms with Crippen molar-refractivity contribution >= 4 is 49.0 Å². The third kappa shape index (κ3) is 1.70. The summed E-state index contributed by atoms with van der Waals surface area (Å²) < 4.78 is 4.52. The number of carbonyl (C=O) groups excluding carboxylic acids is 1. The second kappa shape index (κ2) is 4.46. The van der Waals surface area contributed by atoms with Gasteiger partial charge in [-0.25, -0.2) is 0 Å². The van der Waals surface area contributed by atoms with Gasteiger partial charge < -0.3 is 0 Å². The van der Waals surface area contributed by atoms with Crippen molar-refractivity contribution in [3.8, 4) is 0 Å². The monoisotopic (exact) mass is 289 g/mol. The number of hydrogen-bond donors (Lipinski definition) is 0. The fraction of sp³-hybridized carbons (Fsp3) is 0.400. The topological polar surface area (TPSA) is 22.0 Å². The van der Waals surface area contributed by atoms with Crippen LogP contribution in [0.1, 0.15) is 36.9 Å². The number of fused-ring (bicyclic) bond motifs is 3. The number of thiophene rings is 2. The minimum Gasteiger partial charge on any atom is -0.278 e. The van der Waals surface area contributed by atoms with E-state index in [0.717, 1.165) is 23.9 Å². The van der Waals surface area contributed by atoms with E-state index in [0.29, 0.717) is 5.91 Å². The number of hydrogen-bond acceptors (Lipinski definition) is 3. The molecular weight excluding hydrogens is 274 g/mol. The quantitative estimate of drug-likeness (QED) is 0.608. The lowest BCUT2D eigenvalue weighted by molar-refractivity contribution is 0.0813. The minimum absolute atomic E-state index is 0.229. The van der Waals surface area contributed by atoms with E-state index in [1.165, 1.54) is 28.7 Å². The summed E-state index contributed by atoms with van der Waals surface area (Å²) in [6, 6.07) is 4.18. The fourth-order valence-corrected chi connectivity index (χ4v) is 5.13. The van der Waals surface area contributed by atoms with Gasteiger partial charge in [0.15, 0.2) is 0 Å². The molecule has 0 radical (unpaired) electrons. The molecule has 0 saturated heterocycles. The van der Waals surface area contributed by atoms with E-state index in [2.05, 4.69) is 22.9 Å². The van der Waals surface area contributed by atoms with Crippen LogP contribution < -0.4 is 0 Å². The Labute approximate surface area is 119 Å². The molecule has 1 fully saturated rings. The average Bonchev–Trinajstić information content (AvgIpc) is 3.11. The molecule has 1 aliphatic rings. The predicted molar refractivity (Wildman–Crippen MR) is 82.4 cm³/mol. The Morgan fingerprint density at radius 3 is 2.16 bits per heavy atom. The van der Waals surface area contributed by atoms with Crippen molar-refractivity contribution < 1.29 is 4.79 Å². The molecule has 1 aliphatic carbocycles. The van der Waals surface area contributed by atoms with Crippen LogP contribution in [-0.4, -0.2) is 10.5 Å². The molecule has 3 aromatic heterocycles. The van der Waals surface area contributed by atoms with Crippen molar-refractivity contribution in [3.63, 3.8) is 0 Å². The van der Waals surface area contributed by atoms with E-state index >= 15 is 0 Å². The molecule has 0 aliphatic heterocycles. The van der Waals surface area contributed by atoms with Gasteiger partial charge in [0.25, 0.3) is 0 Å². The second-order valence-corrected chi connectivity index (χ2v) is 7.11. The fourth-order valence-electron chi connectivity index (χ4n) is 3.20. The maximum absolute atomic E-state index is 12.9. The van der Waals surface area contributed by atoms with Crippen LogP contribution in [0.15, 0.2) is 22.9 Å². The van der Waals surface area contributed by atoms with Crippen LogP contribution in [-0.2, 0) is 0 Å². The summed E-state index contributed by atoms with van der Waals surface area (Å²) in [4.78, 5) is 12.9. The number of aromatic nitrogens is 1. The molecule has 3 heterocycles. The molecule has 0 aromatic carbocycles. The van der Waals surface area contributed by atoms with Crippen molar-refractivity contribution in [1.82, 2.24) is 4.57 Å². The van der Waals surface area contributed by atoms with Gasteiger partial charge in [0.05, 0.1) is 20.4 Å². The first-order chi connectivity index (χ1) is 9.36. The summed E-state index contributed by atoms with van der Waals surface area (Å²) in [7, 11) is 0. The van der Waals surface area contributed by atoms with Crippen LogP contribution in [0.2, 0.25) is 0 Å². The van der Waals surface area contributed by atoms with E-state index in [1.807, 2.05) is 4.57 Å². The molecule has 98 valence electrons. The highest BCUT2D eigenvalue weighted by Crippen LogP contribution is 2.38. The molecule has 3 aromatic rings. The first kappa shape index (κ1) is 11.7. The number of rotatable bonds is 1. The smallest absolute Gasteiger partial charge is 0.234 e. The largest absolute Gasteiger partial charge is 0.278 e. The Morgan fingerprint density at radius 1 is 1.00 bits per heavy atom. The third-order valence-corrected chi connectivity index (χ3v) is 6.12. The molecular formula is C15H15NOS2. The molecule has 0 spiro atoms. The Balaban J connectivity index is 1.89. The summed E-state index contributed by atoms with van der Waals surface area (Å²) in [6.07, 6.45) is 5.83. The zero-order valence-corrected chi connectivity index (χ0v) is 12.2. The summed E-state index contributed by atoms with van der Waals surface area (Å²) in [6.45, 7) is 0. The lowest BCUT2D eigenvalue weighted by atomic mass is 9.88. The highest BCUT2D eigenvalue weighted by atomic mass is 32.1. The highest BCUT2D eigenvalue weighted by molar-refractivity contribution is 7.25. The molecule has 0 unspecified atom stereocenters. The van der Waals surface area contributed by atoms with Crippen LogP contribution in [0.4, 0.5) is 0 Å². The van der Waals surface area contributed by atoms with Gasteiger partial charge in [-0.2, -0.15) is 0 Å². The van der Waals surface area contributed by atoms with Gasteiger partial charge in [-0.3, -0.25) is 9.36 Å². The molecule has 4 heteroatoms. The first-order valence-corrected chi connectivity index (χ1v) is 8.61. The van der Waals surface area contributed by atoms with E-state index in [-0.39, 0.29) is 5.92 Å². The Morgan fingerprint density at radius 2 is 1.58 bits per heavy atom. The van der Waals surface area contributed by atoms with Crippen LogP contribution in [0.3, 0.4) is 0 Å². The second-order valence-electron chi connectivity index (χ2n) is 5.28. The lowest BCUT2D eigenvalue weighted by Gasteiger charge is -2.21. The Kier molecular flexibility index (Phi) is 2.74. The average molecular weight is 289 g/mol. The molecule has 0 bridgehead atoms. The predicted octanol–water partition coefficient (Wildman–Crippen LogP) is 5.14. The van der Waals surface area contributed by atoms with Crippen LogP contribution in [0.5, 0.6) is 0 Å². The number of carbonyl (C=O) groups is 1. The molecule has 0 amide bonds. The third-order valence-electron chi connectivity index (χ3n) is 4.15. The van der Waals surface area contributed by atoms with Gasteiger partial charge in [-0.1, -0.05) is 19.3 Å². The van der Waals surface area contributed by atoms with E-state index in [1.54, 1.807) is 22.7 Å². The van der Waals surface area contributed by atoms with E-state index in [4.69, 9.17) is 0 Å². The Bertz CT molecular complexity index is 695. The van der Waals surface area contributed by atoms with Gasteiger partial charge in [0, 0.05) is 5.92 Å². The SMILES string of the molecule is O=C(C1CCCCC1)n1c2ccsc2c2sccc21. The molecule has 1 saturated carbocycles. The summed E-state index contributed by atoms with van der Waals surface area (Å²) in [5.74, 6) is 0.545. The molecule has 0 N–H and O–H groups in total. The summed E-state index contributed by atoms with van der Waals surface area (Å²) in [5.41, 5.74) is 2.23. The zero-order valence-electron chi connectivity index (χ0n) is 10.6. The lowest BCUT2D eigenvalue weighted by Crippen LogP contribution is -2.23. The molecule has 19 heavy (non-hydrogen) atoms. The van der Waals surface area contributed by atoms with Gasteiger partial charge >= 0.3 is 0 Å². The van der Waals surface area contributed by atoms with Gasteiger partial charge in [-0.15, -0.1) is 22.7 Å². The maximum atomic E-state index is 12.9. The van der Waals surface area contributed by atoms with Gasteiger partial charge in [-0.05, 0) is 35.7 Å². The summed E-state index contributed by atoms with van der Waals surface area (Å²) >= 11 is 3.49. The van der Waals surface area contributed by atoms with Crippen LogP contribution in [0, 0.1) is 5.92 Å². The summed E-state index contributed by atoms with van der Waals surface area (Å²) in [5, 5.41) is 4.18. The molecule has 2 nitrogen and oxygen atoms in total. The van der Waals surface area contributed by atoms with Crippen molar-refractivity contribution in [2.75, 3.05) is 0 Å². The minimum atomic E-state index is 0.229. The normalized spacial score (nSPS) is 17.5. The van der Waals surface area contributed by atoms with Gasteiger partial charge in [0.1, 0.15) is 0 Å². The zero-order chi connectivity index (χ0) is 12.8. The van der Waals surface area contributed by atoms with Crippen molar-refractivity contribution in [3.05, 3.63) is 22.9 Å². The van der Waals surface area contributed by atoms with Crippen LogP contribution >= 0.6 is 22.7 Å². The van der Waals surface area contributed by atoms with E-state index < -0.39 is 0 Å². The van der Waals surface area contributed by atoms with Crippen LogP contribution in [0.25, 0.3) is 20.4 Å². The Hall–Kier alpha value is -1.13. The molecule has 0 atom stereocenters. The van der Waals surface area contributed by atoms with E-state index in [9.17, 15) is 4.79 Å². The van der Waals surface area contributed by atoms with Crippen molar-refractivity contribution in [2.45, 2.75) is 32.1 Å². The van der Waals surface area contributed by atoms with Crippen molar-refractivity contribution in [2.24, 2.45) is 5.92 Å². The highest BCUT2D eigenvalue weighted by Gasteiger charge is 2.26. The first-order valence-electron chi connectivity index (χ1n) is 6.85.